The molecule has 2 nitrogen and oxygen atoms in total. The predicted octanol–water partition coefficient (Wildman–Crippen LogP) is 4.08. The third-order valence-corrected chi connectivity index (χ3v) is 3.89. The quantitative estimate of drug-likeness (QED) is 0.773. The number of aromatic nitrogens is 1. The van der Waals surface area contributed by atoms with E-state index in [1.807, 2.05) is 54.6 Å². The Morgan fingerprint density at radius 2 is 1.68 bits per heavy atom. The summed E-state index contributed by atoms with van der Waals surface area (Å²) in [6.07, 6.45) is 0.999. The van der Waals surface area contributed by atoms with E-state index in [9.17, 15) is 5.11 Å². The van der Waals surface area contributed by atoms with E-state index < -0.39 is 6.10 Å². The Bertz CT molecular complexity index is 721. The van der Waals surface area contributed by atoms with Crippen molar-refractivity contribution in [1.29, 1.82) is 0 Å². The van der Waals surface area contributed by atoms with Crippen molar-refractivity contribution in [1.82, 2.24) is 4.98 Å². The SMILES string of the molecule is OC(c1ccccc1Br)c1nccc2ccccc12. The summed E-state index contributed by atoms with van der Waals surface area (Å²) in [6.45, 7) is 0. The summed E-state index contributed by atoms with van der Waals surface area (Å²) in [7, 11) is 0. The average Bonchev–Trinajstić information content (AvgIpc) is 2.46. The molecule has 0 bridgehead atoms. The van der Waals surface area contributed by atoms with Gasteiger partial charge in [0.1, 0.15) is 6.10 Å². The number of benzene rings is 2. The van der Waals surface area contributed by atoms with Gasteiger partial charge in [0.05, 0.1) is 5.69 Å². The van der Waals surface area contributed by atoms with Crippen molar-refractivity contribution >= 4 is 26.7 Å². The third kappa shape index (κ3) is 2.27. The zero-order valence-electron chi connectivity index (χ0n) is 10.1. The summed E-state index contributed by atoms with van der Waals surface area (Å²) in [4.78, 5) is 4.35. The monoisotopic (exact) mass is 313 g/mol. The average molecular weight is 314 g/mol. The van der Waals surface area contributed by atoms with Gasteiger partial charge < -0.3 is 5.11 Å². The van der Waals surface area contributed by atoms with Crippen LogP contribution < -0.4 is 0 Å². The second-order valence-corrected chi connectivity index (χ2v) is 5.20. The standard InChI is InChI=1S/C16H12BrNO/c17-14-8-4-3-7-13(14)16(19)15-12-6-2-1-5-11(12)9-10-18-15/h1-10,16,19H. The lowest BCUT2D eigenvalue weighted by molar-refractivity contribution is 0.216. The highest BCUT2D eigenvalue weighted by atomic mass is 79.9. The molecule has 1 atom stereocenters. The van der Waals surface area contributed by atoms with Crippen LogP contribution in [0, 0.1) is 0 Å². The number of aliphatic hydroxyl groups is 1. The van der Waals surface area contributed by atoms with Gasteiger partial charge in [-0.3, -0.25) is 4.98 Å². The molecule has 1 unspecified atom stereocenters. The van der Waals surface area contributed by atoms with E-state index in [1.165, 1.54) is 0 Å². The molecule has 0 radical (unpaired) electrons. The van der Waals surface area contributed by atoms with Crippen LogP contribution in [0.5, 0.6) is 0 Å². The van der Waals surface area contributed by atoms with Gasteiger partial charge in [0, 0.05) is 21.6 Å². The highest BCUT2D eigenvalue weighted by Crippen LogP contribution is 2.30. The molecule has 0 aliphatic rings. The Morgan fingerprint density at radius 1 is 0.947 bits per heavy atom. The van der Waals surface area contributed by atoms with Crippen LogP contribution in [0.25, 0.3) is 10.8 Å². The maximum atomic E-state index is 10.6. The Balaban J connectivity index is 2.17. The normalized spacial score (nSPS) is 12.5. The summed E-state index contributed by atoms with van der Waals surface area (Å²) in [6, 6.07) is 17.6. The zero-order chi connectivity index (χ0) is 13.2. The van der Waals surface area contributed by atoms with Crippen LogP contribution in [0.15, 0.2) is 65.3 Å². The van der Waals surface area contributed by atoms with Crippen molar-refractivity contribution in [3.63, 3.8) is 0 Å². The number of fused-ring (bicyclic) bond motifs is 1. The first-order valence-corrected chi connectivity index (χ1v) is 6.83. The molecule has 3 heteroatoms. The lowest BCUT2D eigenvalue weighted by Crippen LogP contribution is -2.03. The maximum Gasteiger partial charge on any atom is 0.123 e. The van der Waals surface area contributed by atoms with Crippen molar-refractivity contribution in [2.24, 2.45) is 0 Å². The smallest absolute Gasteiger partial charge is 0.123 e. The Kier molecular flexibility index (Phi) is 3.32. The van der Waals surface area contributed by atoms with Crippen molar-refractivity contribution in [2.75, 3.05) is 0 Å². The van der Waals surface area contributed by atoms with E-state index in [1.54, 1.807) is 6.20 Å². The molecule has 0 aliphatic heterocycles. The molecule has 2 aromatic carbocycles. The molecule has 0 aliphatic carbocycles. The first kappa shape index (κ1) is 12.3. The third-order valence-electron chi connectivity index (χ3n) is 3.16. The molecule has 19 heavy (non-hydrogen) atoms. The van der Waals surface area contributed by atoms with Gasteiger partial charge in [-0.1, -0.05) is 58.4 Å². The predicted molar refractivity (Wildman–Crippen MR) is 79.9 cm³/mol. The molecule has 0 spiro atoms. The van der Waals surface area contributed by atoms with Crippen LogP contribution in [0.4, 0.5) is 0 Å². The summed E-state index contributed by atoms with van der Waals surface area (Å²) in [5, 5.41) is 12.6. The molecule has 0 fully saturated rings. The van der Waals surface area contributed by atoms with Crippen LogP contribution >= 0.6 is 15.9 Å². The van der Waals surface area contributed by atoms with E-state index in [-0.39, 0.29) is 0 Å². The topological polar surface area (TPSA) is 33.1 Å². The molecule has 1 aromatic heterocycles. The van der Waals surface area contributed by atoms with E-state index in [4.69, 9.17) is 0 Å². The molecular weight excluding hydrogens is 302 g/mol. The Morgan fingerprint density at radius 3 is 2.53 bits per heavy atom. The fourth-order valence-corrected chi connectivity index (χ4v) is 2.71. The number of rotatable bonds is 2. The second kappa shape index (κ2) is 5.11. The fourth-order valence-electron chi connectivity index (χ4n) is 2.21. The summed E-state index contributed by atoms with van der Waals surface area (Å²) >= 11 is 3.47. The van der Waals surface area contributed by atoms with Gasteiger partial charge in [-0.05, 0) is 17.5 Å². The fraction of sp³-hybridized carbons (Fsp3) is 0.0625. The van der Waals surface area contributed by atoms with Crippen LogP contribution in [0.3, 0.4) is 0 Å². The number of hydrogen-bond acceptors (Lipinski definition) is 2. The minimum atomic E-state index is -0.735. The van der Waals surface area contributed by atoms with Crippen molar-refractivity contribution in [2.45, 2.75) is 6.10 Å². The molecule has 1 heterocycles. The number of hydrogen-bond donors (Lipinski definition) is 1. The van der Waals surface area contributed by atoms with Crippen LogP contribution in [0.2, 0.25) is 0 Å². The molecule has 94 valence electrons. The van der Waals surface area contributed by atoms with Gasteiger partial charge in [-0.2, -0.15) is 0 Å². The minimum absolute atomic E-state index is 0.685. The molecular formula is C16H12BrNO. The molecule has 0 saturated heterocycles. The van der Waals surface area contributed by atoms with Crippen LogP contribution in [-0.2, 0) is 0 Å². The van der Waals surface area contributed by atoms with Crippen molar-refractivity contribution < 1.29 is 5.11 Å². The molecule has 0 saturated carbocycles. The van der Waals surface area contributed by atoms with E-state index >= 15 is 0 Å². The van der Waals surface area contributed by atoms with Gasteiger partial charge in [-0.15, -0.1) is 0 Å². The van der Waals surface area contributed by atoms with Crippen LogP contribution in [-0.4, -0.2) is 10.1 Å². The first-order valence-electron chi connectivity index (χ1n) is 6.03. The molecule has 0 amide bonds. The highest BCUT2D eigenvalue weighted by Gasteiger charge is 2.16. The lowest BCUT2D eigenvalue weighted by Gasteiger charge is -2.14. The molecule has 3 rings (SSSR count). The van der Waals surface area contributed by atoms with E-state index in [0.717, 1.165) is 20.8 Å². The van der Waals surface area contributed by atoms with Gasteiger partial charge in [0.2, 0.25) is 0 Å². The maximum absolute atomic E-state index is 10.6. The highest BCUT2D eigenvalue weighted by molar-refractivity contribution is 9.10. The summed E-state index contributed by atoms with van der Waals surface area (Å²) in [5.74, 6) is 0. The first-order chi connectivity index (χ1) is 9.27. The van der Waals surface area contributed by atoms with Gasteiger partial charge >= 0.3 is 0 Å². The number of pyridine rings is 1. The van der Waals surface area contributed by atoms with Gasteiger partial charge in [0.25, 0.3) is 0 Å². The second-order valence-electron chi connectivity index (χ2n) is 4.34. The Hall–Kier alpha value is -1.71. The largest absolute Gasteiger partial charge is 0.382 e. The number of aliphatic hydroxyl groups excluding tert-OH is 1. The number of halogens is 1. The van der Waals surface area contributed by atoms with Crippen molar-refractivity contribution in [3.8, 4) is 0 Å². The summed E-state index contributed by atoms with van der Waals surface area (Å²) < 4.78 is 0.886. The van der Waals surface area contributed by atoms with E-state index in [0.29, 0.717) is 5.69 Å². The number of nitrogens with zero attached hydrogens (tertiary/aromatic N) is 1. The van der Waals surface area contributed by atoms with E-state index in [2.05, 4.69) is 20.9 Å². The molecule has 3 aromatic rings. The van der Waals surface area contributed by atoms with Crippen LogP contribution in [0.1, 0.15) is 17.4 Å². The lowest BCUT2D eigenvalue weighted by atomic mass is 10.0. The minimum Gasteiger partial charge on any atom is -0.382 e. The molecule has 1 N–H and O–H groups in total. The zero-order valence-corrected chi connectivity index (χ0v) is 11.7. The Labute approximate surface area is 119 Å². The van der Waals surface area contributed by atoms with Gasteiger partial charge in [0.15, 0.2) is 0 Å². The van der Waals surface area contributed by atoms with Gasteiger partial charge in [-0.25, -0.2) is 0 Å². The summed E-state index contributed by atoms with van der Waals surface area (Å²) in [5.41, 5.74) is 1.51. The van der Waals surface area contributed by atoms with Crippen molar-refractivity contribution in [3.05, 3.63) is 76.5 Å².